The summed E-state index contributed by atoms with van der Waals surface area (Å²) < 4.78 is 5.04. The molecule has 0 spiro atoms. The Labute approximate surface area is 80.6 Å². The van der Waals surface area contributed by atoms with Crippen molar-refractivity contribution in [2.45, 2.75) is 6.42 Å². The minimum atomic E-state index is 0.496. The van der Waals surface area contributed by atoms with Crippen LogP contribution >= 0.6 is 0 Å². The Morgan fingerprint density at radius 3 is 3.21 bits per heavy atom. The molecule has 0 bridgehead atoms. The van der Waals surface area contributed by atoms with Gasteiger partial charge in [0.05, 0.1) is 6.20 Å². The molecule has 0 unspecified atom stereocenters. The Kier molecular flexibility index (Phi) is 2.55. The fraction of sp³-hybridized carbons (Fsp3) is 0.375. The molecule has 0 fully saturated rings. The van der Waals surface area contributed by atoms with Crippen LogP contribution in [0.3, 0.4) is 0 Å². The number of nitrogens with one attached hydrogen (secondary N) is 1. The lowest BCUT2D eigenvalue weighted by Gasteiger charge is -2.01. The molecule has 0 aliphatic rings. The monoisotopic (exact) mass is 193 g/mol. The number of aromatic nitrogens is 3. The lowest BCUT2D eigenvalue weighted by Crippen LogP contribution is -2.10. The lowest BCUT2D eigenvalue weighted by atomic mass is 10.4. The summed E-state index contributed by atoms with van der Waals surface area (Å²) in [4.78, 5) is 12.1. The van der Waals surface area contributed by atoms with Crippen LogP contribution in [0.5, 0.6) is 0 Å². The van der Waals surface area contributed by atoms with Gasteiger partial charge in [0.25, 0.3) is 5.71 Å². The van der Waals surface area contributed by atoms with E-state index in [1.807, 2.05) is 0 Å². The van der Waals surface area contributed by atoms with Gasteiger partial charge in [-0.15, -0.1) is 0 Å². The minimum Gasteiger partial charge on any atom is -0.425 e. The first kappa shape index (κ1) is 8.89. The summed E-state index contributed by atoms with van der Waals surface area (Å²) in [6, 6.07) is 0. The van der Waals surface area contributed by atoms with E-state index in [1.165, 1.54) is 6.39 Å². The van der Waals surface area contributed by atoms with Gasteiger partial charge >= 0.3 is 0 Å². The highest BCUT2D eigenvalue weighted by molar-refractivity contribution is 5.67. The van der Waals surface area contributed by atoms with E-state index in [-0.39, 0.29) is 0 Å². The van der Waals surface area contributed by atoms with Crippen molar-refractivity contribution in [2.24, 2.45) is 5.73 Å². The normalized spacial score (nSPS) is 10.6. The third-order valence-corrected chi connectivity index (χ3v) is 1.76. The van der Waals surface area contributed by atoms with Gasteiger partial charge in [-0.05, 0) is 13.0 Å². The second kappa shape index (κ2) is 4.01. The standard InChI is InChI=1S/C8H11N5O/c9-2-1-3-10-8-11-4-6-7(13-8)14-5-12-6/h4-5H,1-3,9H2,(H,10,11,13). The van der Waals surface area contributed by atoms with Gasteiger partial charge in [0.1, 0.15) is 5.52 Å². The molecule has 2 rings (SSSR count). The molecule has 74 valence electrons. The molecular weight excluding hydrogens is 182 g/mol. The summed E-state index contributed by atoms with van der Waals surface area (Å²) in [5.74, 6) is 0.544. The topological polar surface area (TPSA) is 89.9 Å². The number of hydrogen-bond donors (Lipinski definition) is 2. The molecule has 6 nitrogen and oxygen atoms in total. The van der Waals surface area contributed by atoms with Crippen molar-refractivity contribution < 1.29 is 4.42 Å². The molecule has 6 heteroatoms. The maximum atomic E-state index is 5.36. The van der Waals surface area contributed by atoms with Crippen LogP contribution in [-0.4, -0.2) is 28.0 Å². The zero-order valence-electron chi connectivity index (χ0n) is 7.60. The van der Waals surface area contributed by atoms with Crippen molar-refractivity contribution in [1.82, 2.24) is 15.0 Å². The van der Waals surface area contributed by atoms with Crippen molar-refractivity contribution in [3.63, 3.8) is 0 Å². The highest BCUT2D eigenvalue weighted by Gasteiger charge is 2.01. The highest BCUT2D eigenvalue weighted by Crippen LogP contribution is 2.09. The third kappa shape index (κ3) is 1.80. The molecule has 3 N–H and O–H groups in total. The molecule has 14 heavy (non-hydrogen) atoms. The van der Waals surface area contributed by atoms with E-state index in [4.69, 9.17) is 10.2 Å². The van der Waals surface area contributed by atoms with E-state index in [0.717, 1.165) is 13.0 Å². The molecule has 0 atom stereocenters. The molecule has 0 aliphatic heterocycles. The SMILES string of the molecule is NCCCNc1ncc2ncoc2n1. The first-order valence-corrected chi connectivity index (χ1v) is 4.40. The Morgan fingerprint density at radius 2 is 2.36 bits per heavy atom. The number of nitrogens with zero attached hydrogens (tertiary/aromatic N) is 3. The van der Waals surface area contributed by atoms with Gasteiger partial charge in [0, 0.05) is 6.54 Å². The van der Waals surface area contributed by atoms with E-state index in [9.17, 15) is 0 Å². The van der Waals surface area contributed by atoms with Gasteiger partial charge in [-0.3, -0.25) is 0 Å². The lowest BCUT2D eigenvalue weighted by molar-refractivity contribution is 0.590. The predicted molar refractivity (Wildman–Crippen MR) is 51.8 cm³/mol. The number of rotatable bonds is 4. The van der Waals surface area contributed by atoms with Crippen LogP contribution in [0, 0.1) is 0 Å². The zero-order chi connectivity index (χ0) is 9.80. The molecule has 0 aliphatic carbocycles. The maximum absolute atomic E-state index is 5.36. The highest BCUT2D eigenvalue weighted by atomic mass is 16.3. The summed E-state index contributed by atoms with van der Waals surface area (Å²) in [5, 5.41) is 3.04. The number of anilines is 1. The second-order valence-corrected chi connectivity index (χ2v) is 2.81. The summed E-state index contributed by atoms with van der Waals surface area (Å²) >= 11 is 0. The van der Waals surface area contributed by atoms with Gasteiger partial charge in [0.2, 0.25) is 5.95 Å². The Hall–Kier alpha value is -1.69. The third-order valence-electron chi connectivity index (χ3n) is 1.76. The molecule has 0 amide bonds. The Balaban J connectivity index is 2.10. The Morgan fingerprint density at radius 1 is 1.43 bits per heavy atom. The largest absolute Gasteiger partial charge is 0.425 e. The van der Waals surface area contributed by atoms with Gasteiger partial charge in [-0.25, -0.2) is 9.97 Å². The van der Waals surface area contributed by atoms with Crippen molar-refractivity contribution in [1.29, 1.82) is 0 Å². The summed E-state index contributed by atoms with van der Waals surface area (Å²) in [5.41, 5.74) is 6.51. The predicted octanol–water partition coefficient (Wildman–Crippen LogP) is 0.378. The van der Waals surface area contributed by atoms with E-state index in [2.05, 4.69) is 20.3 Å². The van der Waals surface area contributed by atoms with Crippen LogP contribution in [0.15, 0.2) is 17.0 Å². The molecule has 2 aromatic heterocycles. The molecule has 2 aromatic rings. The van der Waals surface area contributed by atoms with Gasteiger partial charge in [-0.2, -0.15) is 4.98 Å². The maximum Gasteiger partial charge on any atom is 0.251 e. The first-order chi connectivity index (χ1) is 6.90. The molecule has 0 saturated heterocycles. The molecule has 0 aromatic carbocycles. The van der Waals surface area contributed by atoms with Crippen molar-refractivity contribution in [3.8, 4) is 0 Å². The quantitative estimate of drug-likeness (QED) is 0.682. The zero-order valence-corrected chi connectivity index (χ0v) is 7.60. The van der Waals surface area contributed by atoms with Crippen LogP contribution < -0.4 is 11.1 Å². The fourth-order valence-electron chi connectivity index (χ4n) is 1.06. The average molecular weight is 193 g/mol. The van der Waals surface area contributed by atoms with Crippen molar-refractivity contribution in [2.75, 3.05) is 18.4 Å². The van der Waals surface area contributed by atoms with E-state index < -0.39 is 0 Å². The number of nitrogens with two attached hydrogens (primary N) is 1. The van der Waals surface area contributed by atoms with Gasteiger partial charge < -0.3 is 15.5 Å². The number of oxazole rings is 1. The number of hydrogen-bond acceptors (Lipinski definition) is 6. The average Bonchev–Trinajstić information content (AvgIpc) is 2.65. The molecule has 0 radical (unpaired) electrons. The summed E-state index contributed by atoms with van der Waals surface area (Å²) in [7, 11) is 0. The number of fused-ring (bicyclic) bond motifs is 1. The fourth-order valence-corrected chi connectivity index (χ4v) is 1.06. The van der Waals surface area contributed by atoms with Crippen LogP contribution in [0.1, 0.15) is 6.42 Å². The van der Waals surface area contributed by atoms with Crippen LogP contribution in [0.25, 0.3) is 11.2 Å². The van der Waals surface area contributed by atoms with E-state index in [0.29, 0.717) is 23.7 Å². The Bertz CT molecular complexity index is 413. The van der Waals surface area contributed by atoms with Gasteiger partial charge in [0.15, 0.2) is 6.39 Å². The molecule has 0 saturated carbocycles. The molecule has 2 heterocycles. The summed E-state index contributed by atoms with van der Waals surface area (Å²) in [6.07, 6.45) is 3.86. The van der Waals surface area contributed by atoms with Crippen LogP contribution in [0.2, 0.25) is 0 Å². The van der Waals surface area contributed by atoms with Crippen LogP contribution in [-0.2, 0) is 0 Å². The summed E-state index contributed by atoms with van der Waals surface area (Å²) in [6.45, 7) is 1.41. The van der Waals surface area contributed by atoms with Crippen LogP contribution in [0.4, 0.5) is 5.95 Å². The second-order valence-electron chi connectivity index (χ2n) is 2.81. The van der Waals surface area contributed by atoms with E-state index >= 15 is 0 Å². The minimum absolute atomic E-state index is 0.496. The van der Waals surface area contributed by atoms with Gasteiger partial charge in [-0.1, -0.05) is 0 Å². The smallest absolute Gasteiger partial charge is 0.251 e. The van der Waals surface area contributed by atoms with Crippen molar-refractivity contribution >= 4 is 17.2 Å². The first-order valence-electron chi connectivity index (χ1n) is 4.40. The van der Waals surface area contributed by atoms with Crippen molar-refractivity contribution in [3.05, 3.63) is 12.6 Å². The molecular formula is C8H11N5O. The van der Waals surface area contributed by atoms with E-state index in [1.54, 1.807) is 6.20 Å².